The predicted octanol–water partition coefficient (Wildman–Crippen LogP) is 0.336. The minimum Gasteiger partial charge on any atom is -0.456 e. The van der Waals surface area contributed by atoms with Crippen molar-refractivity contribution in [3.63, 3.8) is 0 Å². The van der Waals surface area contributed by atoms with Crippen molar-refractivity contribution in [2.45, 2.75) is 31.2 Å². The summed E-state index contributed by atoms with van der Waals surface area (Å²) in [6.45, 7) is -0.187. The third kappa shape index (κ3) is 3.32. The van der Waals surface area contributed by atoms with Gasteiger partial charge in [0.2, 0.25) is 0 Å². The first-order chi connectivity index (χ1) is 9.11. The molecule has 0 saturated heterocycles. The number of rotatable bonds is 3. The molecule has 2 rings (SSSR count). The lowest BCUT2D eigenvalue weighted by atomic mass is 9.83. The lowest BCUT2D eigenvalue weighted by Crippen LogP contribution is -2.45. The SMILES string of the molecule is O=C(O[C@@H]1CC(CO)C(O)C[C@H]1O)c1ccccc1. The molecule has 0 spiro atoms. The van der Waals surface area contributed by atoms with Gasteiger partial charge in [-0.05, 0) is 18.6 Å². The molecule has 0 heterocycles. The van der Waals surface area contributed by atoms with Crippen molar-refractivity contribution >= 4 is 5.97 Å². The minimum absolute atomic E-state index is 0.109. The number of ether oxygens (including phenoxy) is 1. The number of esters is 1. The second-order valence-electron chi connectivity index (χ2n) is 4.86. The van der Waals surface area contributed by atoms with E-state index < -0.39 is 24.3 Å². The molecule has 0 aliphatic heterocycles. The Balaban J connectivity index is 2.00. The van der Waals surface area contributed by atoms with Gasteiger partial charge in [-0.15, -0.1) is 0 Å². The topological polar surface area (TPSA) is 87.0 Å². The summed E-state index contributed by atoms with van der Waals surface area (Å²) < 4.78 is 5.26. The molecule has 2 unspecified atom stereocenters. The first-order valence-electron chi connectivity index (χ1n) is 6.35. The highest BCUT2D eigenvalue weighted by molar-refractivity contribution is 5.89. The fraction of sp³-hybridized carbons (Fsp3) is 0.500. The molecule has 1 aromatic carbocycles. The maximum absolute atomic E-state index is 11.9. The van der Waals surface area contributed by atoms with Crippen LogP contribution in [0.1, 0.15) is 23.2 Å². The number of carbonyl (C=O) groups is 1. The third-order valence-electron chi connectivity index (χ3n) is 3.49. The number of hydrogen-bond acceptors (Lipinski definition) is 5. The fourth-order valence-corrected chi connectivity index (χ4v) is 2.31. The average molecular weight is 266 g/mol. The van der Waals surface area contributed by atoms with Crippen molar-refractivity contribution < 1.29 is 24.9 Å². The Hall–Kier alpha value is -1.43. The second-order valence-corrected chi connectivity index (χ2v) is 4.86. The van der Waals surface area contributed by atoms with Gasteiger partial charge in [0.05, 0.1) is 17.8 Å². The normalized spacial score (nSPS) is 30.9. The molecule has 4 atom stereocenters. The third-order valence-corrected chi connectivity index (χ3v) is 3.49. The van der Waals surface area contributed by atoms with Crippen LogP contribution in [0.3, 0.4) is 0 Å². The van der Waals surface area contributed by atoms with Crippen molar-refractivity contribution in [2.24, 2.45) is 5.92 Å². The van der Waals surface area contributed by atoms with Crippen LogP contribution in [0.5, 0.6) is 0 Å². The number of aliphatic hydroxyl groups excluding tert-OH is 3. The quantitative estimate of drug-likeness (QED) is 0.687. The van der Waals surface area contributed by atoms with Gasteiger partial charge in [0, 0.05) is 18.9 Å². The summed E-state index contributed by atoms with van der Waals surface area (Å²) in [5.74, 6) is -0.866. The van der Waals surface area contributed by atoms with Crippen molar-refractivity contribution in [2.75, 3.05) is 6.61 Å². The molecule has 19 heavy (non-hydrogen) atoms. The van der Waals surface area contributed by atoms with Gasteiger partial charge in [0.15, 0.2) is 0 Å². The van der Waals surface area contributed by atoms with Crippen molar-refractivity contribution in [1.29, 1.82) is 0 Å². The molecule has 1 fully saturated rings. The van der Waals surface area contributed by atoms with E-state index in [0.717, 1.165) is 0 Å². The van der Waals surface area contributed by atoms with E-state index in [1.807, 2.05) is 0 Å². The molecule has 5 heteroatoms. The summed E-state index contributed by atoms with van der Waals surface area (Å²) in [6, 6.07) is 8.53. The Kier molecular flexibility index (Phi) is 4.52. The Bertz CT molecular complexity index is 419. The van der Waals surface area contributed by atoms with E-state index in [4.69, 9.17) is 9.84 Å². The second kappa shape index (κ2) is 6.14. The largest absolute Gasteiger partial charge is 0.456 e. The van der Waals surface area contributed by atoms with Crippen molar-refractivity contribution in [1.82, 2.24) is 0 Å². The van der Waals surface area contributed by atoms with Crippen LogP contribution in [-0.4, -0.2) is 46.2 Å². The monoisotopic (exact) mass is 266 g/mol. The molecular formula is C14H18O5. The van der Waals surface area contributed by atoms with Crippen LogP contribution >= 0.6 is 0 Å². The first-order valence-corrected chi connectivity index (χ1v) is 6.35. The number of benzene rings is 1. The molecule has 1 aliphatic rings. The highest BCUT2D eigenvalue weighted by Crippen LogP contribution is 2.27. The molecule has 5 nitrogen and oxygen atoms in total. The van der Waals surface area contributed by atoms with E-state index in [2.05, 4.69) is 0 Å². The number of hydrogen-bond donors (Lipinski definition) is 3. The van der Waals surface area contributed by atoms with Crippen LogP contribution in [0.25, 0.3) is 0 Å². The van der Waals surface area contributed by atoms with Crippen LogP contribution < -0.4 is 0 Å². The Morgan fingerprint density at radius 3 is 2.47 bits per heavy atom. The average Bonchev–Trinajstić information content (AvgIpc) is 2.42. The smallest absolute Gasteiger partial charge is 0.338 e. The van der Waals surface area contributed by atoms with E-state index in [9.17, 15) is 15.0 Å². The molecule has 104 valence electrons. The van der Waals surface area contributed by atoms with Crippen LogP contribution in [0.2, 0.25) is 0 Å². The molecule has 1 saturated carbocycles. The Morgan fingerprint density at radius 1 is 1.16 bits per heavy atom. The van der Waals surface area contributed by atoms with E-state index in [0.29, 0.717) is 5.56 Å². The van der Waals surface area contributed by atoms with Crippen LogP contribution in [-0.2, 0) is 4.74 Å². The standard InChI is InChI=1S/C14H18O5/c15-8-10-6-13(12(17)7-11(10)16)19-14(18)9-4-2-1-3-5-9/h1-5,10-13,15-17H,6-8H2/t10?,11?,12-,13-/m1/s1. The van der Waals surface area contributed by atoms with Gasteiger partial charge in [-0.1, -0.05) is 18.2 Å². The Morgan fingerprint density at radius 2 is 1.84 bits per heavy atom. The first kappa shape index (κ1) is 14.0. The number of aliphatic hydroxyl groups is 3. The molecule has 0 radical (unpaired) electrons. The summed E-state index contributed by atoms with van der Waals surface area (Å²) in [6.07, 6.45) is -1.97. The lowest BCUT2D eigenvalue weighted by molar-refractivity contribution is -0.0945. The van der Waals surface area contributed by atoms with Gasteiger partial charge < -0.3 is 20.1 Å². The Labute approximate surface area is 111 Å². The molecule has 3 N–H and O–H groups in total. The van der Waals surface area contributed by atoms with Gasteiger partial charge in [-0.2, -0.15) is 0 Å². The van der Waals surface area contributed by atoms with Crippen LogP contribution in [0.4, 0.5) is 0 Å². The molecule has 1 aliphatic carbocycles. The maximum Gasteiger partial charge on any atom is 0.338 e. The fourth-order valence-electron chi connectivity index (χ4n) is 2.31. The molecule has 1 aromatic rings. The molecular weight excluding hydrogens is 248 g/mol. The summed E-state index contributed by atoms with van der Waals surface area (Å²) in [7, 11) is 0. The van der Waals surface area contributed by atoms with Crippen LogP contribution in [0.15, 0.2) is 30.3 Å². The lowest BCUT2D eigenvalue weighted by Gasteiger charge is -2.35. The molecule has 0 bridgehead atoms. The highest BCUT2D eigenvalue weighted by atomic mass is 16.6. The maximum atomic E-state index is 11.9. The summed E-state index contributed by atoms with van der Waals surface area (Å²) in [5, 5.41) is 28.6. The van der Waals surface area contributed by atoms with Gasteiger partial charge in [0.25, 0.3) is 0 Å². The molecule has 0 aromatic heterocycles. The van der Waals surface area contributed by atoms with Crippen molar-refractivity contribution in [3.05, 3.63) is 35.9 Å². The predicted molar refractivity (Wildman–Crippen MR) is 67.5 cm³/mol. The van der Waals surface area contributed by atoms with E-state index >= 15 is 0 Å². The van der Waals surface area contributed by atoms with E-state index in [1.54, 1.807) is 30.3 Å². The zero-order valence-corrected chi connectivity index (χ0v) is 10.5. The highest BCUT2D eigenvalue weighted by Gasteiger charge is 2.37. The summed E-state index contributed by atoms with van der Waals surface area (Å²) >= 11 is 0. The van der Waals surface area contributed by atoms with Crippen LogP contribution in [0, 0.1) is 5.92 Å². The van der Waals surface area contributed by atoms with Gasteiger partial charge in [-0.3, -0.25) is 0 Å². The zero-order chi connectivity index (χ0) is 13.8. The summed E-state index contributed by atoms with van der Waals surface area (Å²) in [5.41, 5.74) is 0.418. The van der Waals surface area contributed by atoms with Crippen molar-refractivity contribution in [3.8, 4) is 0 Å². The van der Waals surface area contributed by atoms with Gasteiger partial charge in [0.1, 0.15) is 6.10 Å². The van der Waals surface area contributed by atoms with Gasteiger partial charge >= 0.3 is 5.97 Å². The minimum atomic E-state index is -0.898. The molecule has 0 amide bonds. The number of carbonyl (C=O) groups excluding carboxylic acids is 1. The zero-order valence-electron chi connectivity index (χ0n) is 10.5. The summed E-state index contributed by atoms with van der Waals surface area (Å²) in [4.78, 5) is 11.9. The van der Waals surface area contributed by atoms with E-state index in [1.165, 1.54) is 0 Å². The van der Waals surface area contributed by atoms with E-state index in [-0.39, 0.29) is 25.4 Å². The van der Waals surface area contributed by atoms with Gasteiger partial charge in [-0.25, -0.2) is 4.79 Å².